The lowest BCUT2D eigenvalue weighted by atomic mass is 9.86. The Morgan fingerprint density at radius 2 is 1.83 bits per heavy atom. The Hall–Kier alpha value is -1.26. The average Bonchev–Trinajstić information content (AvgIpc) is 2.72. The van der Waals surface area contributed by atoms with Crippen molar-refractivity contribution in [3.8, 4) is 0 Å². The first-order chi connectivity index (χ1) is 8.26. The molecular weight excluding hydrogens is 234 g/mol. The summed E-state index contributed by atoms with van der Waals surface area (Å²) in [6.45, 7) is 5.48. The van der Waals surface area contributed by atoms with E-state index in [1.54, 1.807) is 0 Å². The number of carboxylic acids is 1. The third-order valence-corrected chi connectivity index (χ3v) is 3.88. The molecule has 0 saturated heterocycles. The van der Waals surface area contributed by atoms with Crippen LogP contribution < -0.4 is 5.32 Å². The Labute approximate surface area is 107 Å². The number of fused-ring (bicyclic) bond motifs is 2. The zero-order valence-electron chi connectivity index (χ0n) is 11.1. The van der Waals surface area contributed by atoms with Crippen LogP contribution in [-0.2, 0) is 9.53 Å². The second-order valence-corrected chi connectivity index (χ2v) is 6.42. The van der Waals surface area contributed by atoms with Crippen molar-refractivity contribution in [3.63, 3.8) is 0 Å². The summed E-state index contributed by atoms with van der Waals surface area (Å²) in [5, 5.41) is 11.9. The van der Waals surface area contributed by atoms with Gasteiger partial charge in [0.1, 0.15) is 5.60 Å². The highest BCUT2D eigenvalue weighted by Crippen LogP contribution is 2.48. The number of alkyl carbamates (subject to hydrolysis) is 1. The molecule has 0 radical (unpaired) electrons. The molecule has 5 nitrogen and oxygen atoms in total. The van der Waals surface area contributed by atoms with E-state index in [0.29, 0.717) is 12.3 Å². The van der Waals surface area contributed by atoms with Gasteiger partial charge in [-0.15, -0.1) is 0 Å². The normalized spacial score (nSPS) is 34.4. The predicted molar refractivity (Wildman–Crippen MR) is 65.1 cm³/mol. The lowest BCUT2D eigenvalue weighted by Crippen LogP contribution is -2.43. The van der Waals surface area contributed by atoms with Gasteiger partial charge in [0.25, 0.3) is 0 Å². The second-order valence-electron chi connectivity index (χ2n) is 6.42. The molecule has 2 saturated carbocycles. The molecular formula is C13H21NO4. The Morgan fingerprint density at radius 1 is 1.17 bits per heavy atom. The molecule has 0 aromatic carbocycles. The number of carbonyl (C=O) groups is 2. The molecule has 0 spiro atoms. The molecule has 18 heavy (non-hydrogen) atoms. The summed E-state index contributed by atoms with van der Waals surface area (Å²) in [4.78, 5) is 22.7. The molecule has 4 unspecified atom stereocenters. The van der Waals surface area contributed by atoms with Crippen molar-refractivity contribution in [3.05, 3.63) is 0 Å². The van der Waals surface area contributed by atoms with E-state index < -0.39 is 17.7 Å². The summed E-state index contributed by atoms with van der Waals surface area (Å²) < 4.78 is 5.22. The average molecular weight is 255 g/mol. The molecule has 4 atom stereocenters. The fourth-order valence-corrected chi connectivity index (χ4v) is 3.21. The molecule has 0 heterocycles. The molecule has 2 rings (SSSR count). The van der Waals surface area contributed by atoms with Crippen LogP contribution in [0.5, 0.6) is 0 Å². The summed E-state index contributed by atoms with van der Waals surface area (Å²) in [5.74, 6) is -0.402. The number of aliphatic carboxylic acids is 1. The Morgan fingerprint density at radius 3 is 2.28 bits per heavy atom. The Bertz CT molecular complexity index is 360. The predicted octanol–water partition coefficient (Wildman–Crippen LogP) is 2.01. The van der Waals surface area contributed by atoms with Gasteiger partial charge >= 0.3 is 12.1 Å². The van der Waals surface area contributed by atoms with Crippen LogP contribution >= 0.6 is 0 Å². The molecule has 2 fully saturated rings. The van der Waals surface area contributed by atoms with Crippen LogP contribution in [0.2, 0.25) is 0 Å². The molecule has 2 aliphatic carbocycles. The molecule has 2 aliphatic rings. The van der Waals surface area contributed by atoms with Gasteiger partial charge < -0.3 is 15.2 Å². The maximum absolute atomic E-state index is 11.7. The van der Waals surface area contributed by atoms with Crippen LogP contribution in [0.4, 0.5) is 4.79 Å². The number of hydrogen-bond donors (Lipinski definition) is 2. The molecule has 0 aromatic rings. The Balaban J connectivity index is 1.85. The third kappa shape index (κ3) is 2.76. The summed E-state index contributed by atoms with van der Waals surface area (Å²) in [5.41, 5.74) is -0.495. The maximum atomic E-state index is 11.7. The van der Waals surface area contributed by atoms with E-state index in [1.165, 1.54) is 0 Å². The van der Waals surface area contributed by atoms with Crippen LogP contribution in [0.1, 0.15) is 40.0 Å². The second kappa shape index (κ2) is 4.44. The molecule has 2 bridgehead atoms. The smallest absolute Gasteiger partial charge is 0.407 e. The lowest BCUT2D eigenvalue weighted by Gasteiger charge is -2.28. The van der Waals surface area contributed by atoms with E-state index >= 15 is 0 Å². The van der Waals surface area contributed by atoms with E-state index in [-0.39, 0.29) is 17.9 Å². The summed E-state index contributed by atoms with van der Waals surface area (Å²) in [6, 6.07) is 0.0837. The monoisotopic (exact) mass is 255 g/mol. The highest BCUT2D eigenvalue weighted by molar-refractivity contribution is 5.71. The maximum Gasteiger partial charge on any atom is 0.407 e. The standard InChI is InChI=1S/C13H21NO4/c1-13(2,3)18-12(17)14-10-6-7-4-8(10)5-9(7)11(15)16/h7-10H,4-6H2,1-3H3,(H,14,17)(H,15,16). The summed E-state index contributed by atoms with van der Waals surface area (Å²) >= 11 is 0. The van der Waals surface area contributed by atoms with E-state index in [1.807, 2.05) is 20.8 Å². The highest BCUT2D eigenvalue weighted by Gasteiger charge is 2.49. The number of carboxylic acid groups (broad SMARTS) is 1. The first kappa shape index (κ1) is 13.2. The van der Waals surface area contributed by atoms with E-state index in [0.717, 1.165) is 12.8 Å². The number of amides is 1. The van der Waals surface area contributed by atoms with Gasteiger partial charge in [0.05, 0.1) is 5.92 Å². The molecule has 1 amide bonds. The van der Waals surface area contributed by atoms with Crippen molar-refractivity contribution in [2.75, 3.05) is 0 Å². The van der Waals surface area contributed by atoms with Gasteiger partial charge in [-0.3, -0.25) is 4.79 Å². The van der Waals surface area contributed by atoms with Crippen molar-refractivity contribution < 1.29 is 19.4 Å². The topological polar surface area (TPSA) is 75.6 Å². The molecule has 102 valence electrons. The van der Waals surface area contributed by atoms with E-state index in [4.69, 9.17) is 9.84 Å². The molecule has 2 N–H and O–H groups in total. The third-order valence-electron chi connectivity index (χ3n) is 3.88. The Kier molecular flexibility index (Phi) is 3.25. The molecule has 0 aliphatic heterocycles. The van der Waals surface area contributed by atoms with Gasteiger partial charge in [-0.2, -0.15) is 0 Å². The first-order valence-electron chi connectivity index (χ1n) is 6.48. The number of carbonyl (C=O) groups excluding carboxylic acids is 1. The van der Waals surface area contributed by atoms with Crippen LogP contribution in [0, 0.1) is 17.8 Å². The van der Waals surface area contributed by atoms with Crippen LogP contribution in [-0.4, -0.2) is 28.8 Å². The van der Waals surface area contributed by atoms with Gasteiger partial charge in [0.15, 0.2) is 0 Å². The van der Waals surface area contributed by atoms with Crippen LogP contribution in [0.3, 0.4) is 0 Å². The fourth-order valence-electron chi connectivity index (χ4n) is 3.21. The zero-order valence-corrected chi connectivity index (χ0v) is 11.1. The van der Waals surface area contributed by atoms with Crippen molar-refractivity contribution in [2.45, 2.75) is 51.7 Å². The SMILES string of the molecule is CC(C)(C)OC(=O)NC1CC2CC1CC2C(=O)O. The minimum atomic E-state index is -0.696. The number of ether oxygens (including phenoxy) is 1. The minimum Gasteiger partial charge on any atom is -0.481 e. The van der Waals surface area contributed by atoms with Crippen molar-refractivity contribution in [1.29, 1.82) is 0 Å². The zero-order chi connectivity index (χ0) is 13.5. The van der Waals surface area contributed by atoms with E-state index in [9.17, 15) is 9.59 Å². The molecule has 5 heteroatoms. The summed E-state index contributed by atoms with van der Waals surface area (Å²) in [7, 11) is 0. The van der Waals surface area contributed by atoms with Crippen molar-refractivity contribution in [2.24, 2.45) is 17.8 Å². The quantitative estimate of drug-likeness (QED) is 0.791. The van der Waals surface area contributed by atoms with Gasteiger partial charge in [-0.25, -0.2) is 4.79 Å². The first-order valence-corrected chi connectivity index (χ1v) is 6.48. The van der Waals surface area contributed by atoms with Crippen LogP contribution in [0.15, 0.2) is 0 Å². The fraction of sp³-hybridized carbons (Fsp3) is 0.846. The molecule has 0 aromatic heterocycles. The van der Waals surface area contributed by atoms with Gasteiger partial charge in [0.2, 0.25) is 0 Å². The lowest BCUT2D eigenvalue weighted by molar-refractivity contribution is -0.143. The summed E-state index contributed by atoms with van der Waals surface area (Å²) in [6.07, 6.45) is 1.96. The van der Waals surface area contributed by atoms with Crippen molar-refractivity contribution in [1.82, 2.24) is 5.32 Å². The minimum absolute atomic E-state index is 0.0837. The number of nitrogens with one attached hydrogen (secondary N) is 1. The largest absolute Gasteiger partial charge is 0.481 e. The van der Waals surface area contributed by atoms with Crippen LogP contribution in [0.25, 0.3) is 0 Å². The number of rotatable bonds is 2. The van der Waals surface area contributed by atoms with Gasteiger partial charge in [-0.1, -0.05) is 0 Å². The number of hydrogen-bond acceptors (Lipinski definition) is 3. The van der Waals surface area contributed by atoms with Gasteiger partial charge in [-0.05, 0) is 51.9 Å². The van der Waals surface area contributed by atoms with Gasteiger partial charge in [0, 0.05) is 6.04 Å². The highest BCUT2D eigenvalue weighted by atomic mass is 16.6. The van der Waals surface area contributed by atoms with Crippen molar-refractivity contribution >= 4 is 12.1 Å². The van der Waals surface area contributed by atoms with E-state index in [2.05, 4.69) is 5.32 Å².